The van der Waals surface area contributed by atoms with Crippen molar-refractivity contribution in [2.75, 3.05) is 5.73 Å². The zero-order valence-electron chi connectivity index (χ0n) is 10.8. The molecular formula is C15H17N3S. The molecule has 4 heteroatoms. The maximum absolute atomic E-state index is 6.06. The van der Waals surface area contributed by atoms with Gasteiger partial charge >= 0.3 is 0 Å². The highest BCUT2D eigenvalue weighted by atomic mass is 32.1. The number of anilines is 1. The summed E-state index contributed by atoms with van der Waals surface area (Å²) in [4.78, 5) is 6.14. The van der Waals surface area contributed by atoms with Gasteiger partial charge in [-0.05, 0) is 23.8 Å². The van der Waals surface area contributed by atoms with Crippen LogP contribution in [0.1, 0.15) is 29.7 Å². The standard InChI is InChI=1S/C15H17N3S/c1-3-4-6-12-11(7-5-8-13(12)16)10(2)14-9-17-15(19)18-14/h3-10H,1,16H2,2H3,(H2,17,18,19)/b6-4-. The Bertz CT molecular complexity index is 664. The quantitative estimate of drug-likeness (QED) is 0.447. The summed E-state index contributed by atoms with van der Waals surface area (Å²) in [5, 5.41) is 0. The van der Waals surface area contributed by atoms with Crippen molar-refractivity contribution in [1.82, 2.24) is 9.97 Å². The second-order valence-electron chi connectivity index (χ2n) is 4.36. The SMILES string of the molecule is C=C/C=C\c1c(N)cccc1C(C)c1c[nH]c(=S)[nH]1. The van der Waals surface area contributed by atoms with E-state index in [2.05, 4.69) is 29.5 Å². The second-order valence-corrected chi connectivity index (χ2v) is 4.77. The van der Waals surface area contributed by atoms with Crippen LogP contribution in [0.15, 0.2) is 43.1 Å². The van der Waals surface area contributed by atoms with Crippen molar-refractivity contribution in [3.8, 4) is 0 Å². The van der Waals surface area contributed by atoms with Crippen LogP contribution in [0.25, 0.3) is 6.08 Å². The van der Waals surface area contributed by atoms with Gasteiger partial charge in [-0.3, -0.25) is 0 Å². The fourth-order valence-electron chi connectivity index (χ4n) is 2.08. The highest BCUT2D eigenvalue weighted by Gasteiger charge is 2.14. The maximum Gasteiger partial charge on any atom is 0.174 e. The summed E-state index contributed by atoms with van der Waals surface area (Å²) in [5.74, 6) is 0.181. The van der Waals surface area contributed by atoms with Gasteiger partial charge in [-0.25, -0.2) is 0 Å². The molecule has 0 saturated carbocycles. The molecule has 2 aromatic rings. The van der Waals surface area contributed by atoms with E-state index in [1.165, 1.54) is 0 Å². The van der Waals surface area contributed by atoms with Crippen LogP contribution in [0, 0.1) is 4.77 Å². The fourth-order valence-corrected chi connectivity index (χ4v) is 2.26. The minimum Gasteiger partial charge on any atom is -0.398 e. The summed E-state index contributed by atoms with van der Waals surface area (Å²) >= 11 is 5.07. The number of nitrogen functional groups attached to an aromatic ring is 1. The third-order valence-corrected chi connectivity index (χ3v) is 3.34. The van der Waals surface area contributed by atoms with E-state index in [1.807, 2.05) is 30.5 Å². The van der Waals surface area contributed by atoms with Gasteiger partial charge in [0.1, 0.15) is 0 Å². The lowest BCUT2D eigenvalue weighted by atomic mass is 9.92. The summed E-state index contributed by atoms with van der Waals surface area (Å²) < 4.78 is 0.633. The Morgan fingerprint density at radius 1 is 1.42 bits per heavy atom. The van der Waals surface area contributed by atoms with Gasteiger partial charge in [0, 0.05) is 29.1 Å². The molecule has 98 valence electrons. The molecule has 0 aliphatic carbocycles. The van der Waals surface area contributed by atoms with Crippen molar-refractivity contribution in [2.45, 2.75) is 12.8 Å². The van der Waals surface area contributed by atoms with Gasteiger partial charge in [0.25, 0.3) is 0 Å². The van der Waals surface area contributed by atoms with E-state index >= 15 is 0 Å². The molecule has 3 nitrogen and oxygen atoms in total. The largest absolute Gasteiger partial charge is 0.398 e. The van der Waals surface area contributed by atoms with Gasteiger partial charge in [-0.15, -0.1) is 0 Å². The zero-order chi connectivity index (χ0) is 13.8. The van der Waals surface area contributed by atoms with E-state index in [-0.39, 0.29) is 5.92 Å². The number of hydrogen-bond acceptors (Lipinski definition) is 2. The molecule has 1 aromatic heterocycles. The van der Waals surface area contributed by atoms with Crippen molar-refractivity contribution in [3.05, 3.63) is 64.7 Å². The molecule has 1 unspecified atom stereocenters. The zero-order valence-corrected chi connectivity index (χ0v) is 11.6. The van der Waals surface area contributed by atoms with Crippen LogP contribution in [-0.2, 0) is 0 Å². The first-order chi connectivity index (χ1) is 9.13. The van der Waals surface area contributed by atoms with E-state index < -0.39 is 0 Å². The molecule has 0 radical (unpaired) electrons. The van der Waals surface area contributed by atoms with E-state index in [0.29, 0.717) is 4.77 Å². The molecule has 0 fully saturated rings. The van der Waals surface area contributed by atoms with Crippen LogP contribution in [-0.4, -0.2) is 9.97 Å². The Morgan fingerprint density at radius 2 is 2.21 bits per heavy atom. The Hall–Kier alpha value is -2.07. The van der Waals surface area contributed by atoms with Crippen LogP contribution in [0.3, 0.4) is 0 Å². The molecule has 4 N–H and O–H groups in total. The van der Waals surface area contributed by atoms with Crippen LogP contribution >= 0.6 is 12.2 Å². The summed E-state index contributed by atoms with van der Waals surface area (Å²) in [6, 6.07) is 5.94. The lowest BCUT2D eigenvalue weighted by Gasteiger charge is -2.15. The second kappa shape index (κ2) is 5.71. The number of aromatic nitrogens is 2. The number of H-pyrrole nitrogens is 2. The summed E-state index contributed by atoms with van der Waals surface area (Å²) in [7, 11) is 0. The highest BCUT2D eigenvalue weighted by Crippen LogP contribution is 2.29. The molecule has 0 spiro atoms. The summed E-state index contributed by atoms with van der Waals surface area (Å²) in [5.41, 5.74) is 10.0. The van der Waals surface area contributed by atoms with Gasteiger partial charge in [-0.2, -0.15) is 0 Å². The van der Waals surface area contributed by atoms with Gasteiger partial charge in [-0.1, -0.05) is 43.9 Å². The molecular weight excluding hydrogens is 254 g/mol. The average Bonchev–Trinajstić information content (AvgIpc) is 2.83. The number of rotatable bonds is 4. The monoisotopic (exact) mass is 271 g/mol. The summed E-state index contributed by atoms with van der Waals surface area (Å²) in [6.07, 6.45) is 7.51. The normalized spacial score (nSPS) is 12.7. The van der Waals surface area contributed by atoms with Gasteiger partial charge in [0.15, 0.2) is 4.77 Å². The Kier molecular flexibility index (Phi) is 4.02. The van der Waals surface area contributed by atoms with E-state index in [4.69, 9.17) is 18.0 Å². The number of imidazole rings is 1. The number of hydrogen-bond donors (Lipinski definition) is 3. The Labute approximate surface area is 117 Å². The van der Waals surface area contributed by atoms with Gasteiger partial charge in [0.05, 0.1) is 0 Å². The molecule has 2 rings (SSSR count). The number of aromatic amines is 2. The third-order valence-electron chi connectivity index (χ3n) is 3.12. The van der Waals surface area contributed by atoms with Crippen molar-refractivity contribution >= 4 is 24.0 Å². The minimum atomic E-state index is 0.181. The molecule has 0 aliphatic rings. The first kappa shape index (κ1) is 13.4. The first-order valence-corrected chi connectivity index (χ1v) is 6.49. The van der Waals surface area contributed by atoms with Crippen molar-refractivity contribution < 1.29 is 0 Å². The summed E-state index contributed by atoms with van der Waals surface area (Å²) in [6.45, 7) is 5.81. The molecule has 0 saturated heterocycles. The van der Waals surface area contributed by atoms with Crippen LogP contribution < -0.4 is 5.73 Å². The highest BCUT2D eigenvalue weighted by molar-refractivity contribution is 7.71. The first-order valence-electron chi connectivity index (χ1n) is 6.08. The number of nitrogens with one attached hydrogen (secondary N) is 2. The Balaban J connectivity index is 2.49. The van der Waals surface area contributed by atoms with E-state index in [9.17, 15) is 0 Å². The lowest BCUT2D eigenvalue weighted by Crippen LogP contribution is -2.02. The van der Waals surface area contributed by atoms with E-state index in [1.54, 1.807) is 6.08 Å². The molecule has 1 atom stereocenters. The van der Waals surface area contributed by atoms with Gasteiger partial charge < -0.3 is 15.7 Å². The van der Waals surface area contributed by atoms with Crippen molar-refractivity contribution in [3.63, 3.8) is 0 Å². The molecule has 0 aliphatic heterocycles. The smallest absolute Gasteiger partial charge is 0.174 e. The number of allylic oxidation sites excluding steroid dienone is 2. The van der Waals surface area contributed by atoms with Gasteiger partial charge in [0.2, 0.25) is 0 Å². The fraction of sp³-hybridized carbons (Fsp3) is 0.133. The van der Waals surface area contributed by atoms with Crippen molar-refractivity contribution in [2.24, 2.45) is 0 Å². The van der Waals surface area contributed by atoms with Crippen LogP contribution in [0.4, 0.5) is 5.69 Å². The molecule has 1 heterocycles. The van der Waals surface area contributed by atoms with Crippen LogP contribution in [0.2, 0.25) is 0 Å². The predicted molar refractivity (Wildman–Crippen MR) is 83.6 cm³/mol. The Morgan fingerprint density at radius 3 is 2.84 bits per heavy atom. The molecule has 0 amide bonds. The topological polar surface area (TPSA) is 57.6 Å². The maximum atomic E-state index is 6.06. The van der Waals surface area contributed by atoms with Crippen LogP contribution in [0.5, 0.6) is 0 Å². The molecule has 19 heavy (non-hydrogen) atoms. The van der Waals surface area contributed by atoms with Crippen molar-refractivity contribution in [1.29, 1.82) is 0 Å². The minimum absolute atomic E-state index is 0.181. The number of nitrogens with two attached hydrogens (primary N) is 1. The molecule has 1 aromatic carbocycles. The van der Waals surface area contributed by atoms with E-state index in [0.717, 1.165) is 22.5 Å². The predicted octanol–water partition coefficient (Wildman–Crippen LogP) is 4.01. The molecule has 0 bridgehead atoms. The lowest BCUT2D eigenvalue weighted by molar-refractivity contribution is 0.880. The third kappa shape index (κ3) is 2.85. The number of benzene rings is 1. The average molecular weight is 271 g/mol.